The molecule has 0 atom stereocenters. The molecule has 2 heterocycles. The summed E-state index contributed by atoms with van der Waals surface area (Å²) in [6.45, 7) is 7.67. The fourth-order valence-electron chi connectivity index (χ4n) is 4.58. The Kier molecular flexibility index (Phi) is 6.57. The Morgan fingerprint density at radius 2 is 1.73 bits per heavy atom. The quantitative estimate of drug-likeness (QED) is 0.725. The second-order valence-electron chi connectivity index (χ2n) is 9.35. The Bertz CT molecular complexity index is 858. The van der Waals surface area contributed by atoms with Gasteiger partial charge in [-0.3, -0.25) is 14.4 Å². The number of amides is 1. The van der Waals surface area contributed by atoms with Crippen molar-refractivity contribution in [3.05, 3.63) is 52.3 Å². The van der Waals surface area contributed by atoms with Crippen LogP contribution in [0.5, 0.6) is 0 Å². The van der Waals surface area contributed by atoms with Crippen molar-refractivity contribution in [1.29, 1.82) is 0 Å². The van der Waals surface area contributed by atoms with Crippen LogP contribution in [0.25, 0.3) is 0 Å². The Morgan fingerprint density at radius 1 is 1.07 bits per heavy atom. The maximum absolute atomic E-state index is 11.9. The van der Waals surface area contributed by atoms with Crippen LogP contribution in [0.15, 0.2) is 24.3 Å². The topological polar surface area (TPSA) is 50.2 Å². The number of nitrogens with one attached hydrogen (secondary N) is 1. The number of hydrogen-bond acceptors (Lipinski definition) is 3. The van der Waals surface area contributed by atoms with Crippen molar-refractivity contribution >= 4 is 5.91 Å². The van der Waals surface area contributed by atoms with Gasteiger partial charge in [-0.2, -0.15) is 5.10 Å². The standard InChI is InChI=1S/C25H36N4O/c1-18-24(19(2)28(3)27-18)17-29-14-12-22(13-15-29)16-21-6-4-20(5-7-21)8-11-25(30)26-23-9-10-23/h4-7,22-23H,8-17H2,1-3H3,(H,26,30). The third-order valence-electron chi connectivity index (χ3n) is 6.88. The maximum atomic E-state index is 11.9. The number of likely N-dealkylation sites (tertiary alicyclic amines) is 1. The van der Waals surface area contributed by atoms with Crippen LogP contribution < -0.4 is 5.32 Å². The number of hydrogen-bond donors (Lipinski definition) is 1. The van der Waals surface area contributed by atoms with Crippen molar-refractivity contribution in [2.75, 3.05) is 13.1 Å². The van der Waals surface area contributed by atoms with Crippen LogP contribution in [0.4, 0.5) is 0 Å². The minimum Gasteiger partial charge on any atom is -0.353 e. The van der Waals surface area contributed by atoms with Gasteiger partial charge in [0.25, 0.3) is 0 Å². The van der Waals surface area contributed by atoms with E-state index in [1.807, 2.05) is 11.7 Å². The van der Waals surface area contributed by atoms with Crippen LogP contribution in [-0.2, 0) is 31.2 Å². The van der Waals surface area contributed by atoms with Gasteiger partial charge in [-0.1, -0.05) is 24.3 Å². The van der Waals surface area contributed by atoms with Crippen molar-refractivity contribution in [1.82, 2.24) is 20.0 Å². The van der Waals surface area contributed by atoms with Gasteiger partial charge in [-0.25, -0.2) is 0 Å². The highest BCUT2D eigenvalue weighted by atomic mass is 16.1. The third-order valence-corrected chi connectivity index (χ3v) is 6.88. The molecule has 4 rings (SSSR count). The molecule has 1 aromatic heterocycles. The Balaban J connectivity index is 1.20. The Morgan fingerprint density at radius 3 is 2.33 bits per heavy atom. The molecule has 2 fully saturated rings. The zero-order valence-electron chi connectivity index (χ0n) is 18.8. The molecule has 5 heteroatoms. The van der Waals surface area contributed by atoms with E-state index in [1.165, 1.54) is 60.4 Å². The molecule has 0 bridgehead atoms. The van der Waals surface area contributed by atoms with E-state index < -0.39 is 0 Å². The van der Waals surface area contributed by atoms with Crippen molar-refractivity contribution in [2.24, 2.45) is 13.0 Å². The van der Waals surface area contributed by atoms with E-state index in [2.05, 4.69) is 53.4 Å². The molecule has 0 radical (unpaired) electrons. The highest BCUT2D eigenvalue weighted by molar-refractivity contribution is 5.76. The third kappa shape index (κ3) is 5.51. The summed E-state index contributed by atoms with van der Waals surface area (Å²) in [5, 5.41) is 7.63. The van der Waals surface area contributed by atoms with Crippen LogP contribution in [0.3, 0.4) is 0 Å². The summed E-state index contributed by atoms with van der Waals surface area (Å²) >= 11 is 0. The molecule has 0 unspecified atom stereocenters. The number of aryl methyl sites for hydroxylation is 3. The number of benzene rings is 1. The molecule has 2 aromatic rings. The molecular formula is C25H36N4O. The second-order valence-corrected chi connectivity index (χ2v) is 9.35. The van der Waals surface area contributed by atoms with Gasteiger partial charge in [0.2, 0.25) is 5.91 Å². The number of carbonyl (C=O) groups excluding carboxylic acids is 1. The van der Waals surface area contributed by atoms with E-state index in [1.54, 1.807) is 0 Å². The summed E-state index contributed by atoms with van der Waals surface area (Å²) < 4.78 is 2.00. The average Bonchev–Trinajstić information content (AvgIpc) is 3.52. The summed E-state index contributed by atoms with van der Waals surface area (Å²) in [5.74, 6) is 0.970. The number of piperidine rings is 1. The van der Waals surface area contributed by atoms with Crippen molar-refractivity contribution < 1.29 is 4.79 Å². The summed E-state index contributed by atoms with van der Waals surface area (Å²) in [6.07, 6.45) is 7.45. The number of nitrogens with zero attached hydrogens (tertiary/aromatic N) is 3. The molecule has 1 N–H and O–H groups in total. The van der Waals surface area contributed by atoms with Gasteiger partial charge in [0.05, 0.1) is 5.69 Å². The van der Waals surface area contributed by atoms with Crippen LogP contribution in [0.1, 0.15) is 60.2 Å². The number of rotatable bonds is 8. The fourth-order valence-corrected chi connectivity index (χ4v) is 4.58. The SMILES string of the molecule is Cc1nn(C)c(C)c1CN1CCC(Cc2ccc(CCC(=O)NC3CC3)cc2)CC1. The Hall–Kier alpha value is -2.14. The fraction of sp³-hybridized carbons (Fsp3) is 0.600. The zero-order valence-corrected chi connectivity index (χ0v) is 18.8. The lowest BCUT2D eigenvalue weighted by atomic mass is 9.89. The van der Waals surface area contributed by atoms with E-state index in [4.69, 9.17) is 0 Å². The normalized spacial score (nSPS) is 18.0. The molecule has 5 nitrogen and oxygen atoms in total. The molecule has 1 aliphatic carbocycles. The van der Waals surface area contributed by atoms with Gasteiger partial charge in [-0.15, -0.1) is 0 Å². The molecule has 30 heavy (non-hydrogen) atoms. The molecule has 1 amide bonds. The number of carbonyl (C=O) groups is 1. The van der Waals surface area contributed by atoms with Gasteiger partial charge in [0, 0.05) is 37.3 Å². The molecule has 0 spiro atoms. The monoisotopic (exact) mass is 408 g/mol. The molecule has 2 aliphatic rings. The molecule has 1 aromatic carbocycles. The van der Waals surface area contributed by atoms with Crippen molar-refractivity contribution in [3.63, 3.8) is 0 Å². The zero-order chi connectivity index (χ0) is 21.1. The van der Waals surface area contributed by atoms with E-state index in [0.29, 0.717) is 12.5 Å². The van der Waals surface area contributed by atoms with Crippen LogP contribution in [0, 0.1) is 19.8 Å². The highest BCUT2D eigenvalue weighted by Crippen LogP contribution is 2.25. The van der Waals surface area contributed by atoms with Gasteiger partial charge in [0.15, 0.2) is 0 Å². The first-order valence-electron chi connectivity index (χ1n) is 11.6. The molecule has 1 saturated heterocycles. The summed E-state index contributed by atoms with van der Waals surface area (Å²) in [5.41, 5.74) is 6.56. The van der Waals surface area contributed by atoms with Crippen molar-refractivity contribution in [2.45, 2.75) is 71.4 Å². The van der Waals surface area contributed by atoms with E-state index in [0.717, 1.165) is 31.7 Å². The minimum atomic E-state index is 0.199. The predicted molar refractivity (Wildman–Crippen MR) is 120 cm³/mol. The van der Waals surface area contributed by atoms with Gasteiger partial charge < -0.3 is 5.32 Å². The first kappa shape index (κ1) is 21.1. The molecule has 162 valence electrons. The molecule has 1 aliphatic heterocycles. The smallest absolute Gasteiger partial charge is 0.220 e. The lowest BCUT2D eigenvalue weighted by Crippen LogP contribution is -2.34. The Labute approximate surface area is 180 Å². The first-order chi connectivity index (χ1) is 14.5. The highest BCUT2D eigenvalue weighted by Gasteiger charge is 2.23. The minimum absolute atomic E-state index is 0.199. The molecule has 1 saturated carbocycles. The number of aromatic nitrogens is 2. The van der Waals surface area contributed by atoms with Crippen molar-refractivity contribution in [3.8, 4) is 0 Å². The van der Waals surface area contributed by atoms with E-state index in [9.17, 15) is 4.79 Å². The largest absolute Gasteiger partial charge is 0.353 e. The lowest BCUT2D eigenvalue weighted by Gasteiger charge is -2.32. The van der Waals surface area contributed by atoms with Gasteiger partial charge in [-0.05, 0) is 82.5 Å². The van der Waals surface area contributed by atoms with Gasteiger partial charge >= 0.3 is 0 Å². The van der Waals surface area contributed by atoms with Crippen LogP contribution >= 0.6 is 0 Å². The average molecular weight is 409 g/mol. The lowest BCUT2D eigenvalue weighted by molar-refractivity contribution is -0.121. The first-order valence-corrected chi connectivity index (χ1v) is 11.6. The van der Waals surface area contributed by atoms with Crippen LogP contribution in [-0.4, -0.2) is 39.7 Å². The summed E-state index contributed by atoms with van der Waals surface area (Å²) in [7, 11) is 2.03. The maximum Gasteiger partial charge on any atom is 0.220 e. The van der Waals surface area contributed by atoms with E-state index in [-0.39, 0.29) is 5.91 Å². The second kappa shape index (κ2) is 9.34. The van der Waals surface area contributed by atoms with Gasteiger partial charge in [0.1, 0.15) is 0 Å². The van der Waals surface area contributed by atoms with E-state index >= 15 is 0 Å². The molecular weight excluding hydrogens is 372 g/mol. The predicted octanol–water partition coefficient (Wildman–Crippen LogP) is 3.70. The summed E-state index contributed by atoms with van der Waals surface area (Å²) in [6, 6.07) is 9.42. The summed E-state index contributed by atoms with van der Waals surface area (Å²) in [4.78, 5) is 14.4. The van der Waals surface area contributed by atoms with Crippen LogP contribution in [0.2, 0.25) is 0 Å².